The number of benzene rings is 1. The molecule has 0 aliphatic heterocycles. The number of aliphatic carboxylic acids is 1. The summed E-state index contributed by atoms with van der Waals surface area (Å²) in [6.45, 7) is 1.83. The van der Waals surface area contributed by atoms with Crippen LogP contribution in [0.1, 0.15) is 17.2 Å². The SMILES string of the molecule is COc1c(C)cc(Br)cc1C(N)C(=O)O. The molecule has 15 heavy (non-hydrogen) atoms. The number of hydrogen-bond donors (Lipinski definition) is 2. The van der Waals surface area contributed by atoms with Crippen LogP contribution in [0.2, 0.25) is 0 Å². The average Bonchev–Trinajstić information content (AvgIpc) is 2.15. The number of carbonyl (C=O) groups is 1. The zero-order valence-corrected chi connectivity index (χ0v) is 10.0. The molecule has 82 valence electrons. The Labute approximate surface area is 96.2 Å². The van der Waals surface area contributed by atoms with Crippen LogP contribution in [0.4, 0.5) is 0 Å². The summed E-state index contributed by atoms with van der Waals surface area (Å²) in [7, 11) is 1.49. The maximum Gasteiger partial charge on any atom is 0.325 e. The molecule has 1 aromatic carbocycles. The number of halogens is 1. The molecule has 0 aliphatic carbocycles. The third-order valence-corrected chi connectivity index (χ3v) is 2.53. The van der Waals surface area contributed by atoms with Crippen LogP contribution in [-0.2, 0) is 4.79 Å². The summed E-state index contributed by atoms with van der Waals surface area (Å²) in [4.78, 5) is 10.8. The van der Waals surface area contributed by atoms with Crippen molar-refractivity contribution in [1.29, 1.82) is 0 Å². The first-order valence-corrected chi connectivity index (χ1v) is 5.09. The number of carboxylic acid groups (broad SMARTS) is 1. The highest BCUT2D eigenvalue weighted by molar-refractivity contribution is 9.10. The molecule has 4 nitrogen and oxygen atoms in total. The minimum atomic E-state index is -1.08. The first-order chi connectivity index (χ1) is 6.97. The molecule has 0 heterocycles. The molecule has 1 unspecified atom stereocenters. The van der Waals surface area contributed by atoms with Crippen molar-refractivity contribution in [2.45, 2.75) is 13.0 Å². The van der Waals surface area contributed by atoms with E-state index in [0.717, 1.165) is 10.0 Å². The molecule has 0 amide bonds. The number of nitrogens with two attached hydrogens (primary N) is 1. The molecular formula is C10H12BrNO3. The van der Waals surface area contributed by atoms with Crippen LogP contribution in [0.5, 0.6) is 5.75 Å². The van der Waals surface area contributed by atoms with E-state index in [4.69, 9.17) is 15.6 Å². The lowest BCUT2D eigenvalue weighted by Crippen LogP contribution is -2.21. The molecule has 1 rings (SSSR count). The van der Waals surface area contributed by atoms with Gasteiger partial charge in [0.15, 0.2) is 0 Å². The van der Waals surface area contributed by atoms with E-state index in [-0.39, 0.29) is 0 Å². The zero-order chi connectivity index (χ0) is 11.6. The standard InChI is InChI=1S/C10H12BrNO3/c1-5-3-6(11)4-7(9(5)15-2)8(12)10(13)14/h3-4,8H,12H2,1-2H3,(H,13,14). The second-order valence-electron chi connectivity index (χ2n) is 3.16. The lowest BCUT2D eigenvalue weighted by atomic mass is 10.0. The highest BCUT2D eigenvalue weighted by Gasteiger charge is 2.20. The zero-order valence-electron chi connectivity index (χ0n) is 8.45. The van der Waals surface area contributed by atoms with E-state index in [1.165, 1.54) is 7.11 Å². The van der Waals surface area contributed by atoms with Crippen molar-refractivity contribution in [1.82, 2.24) is 0 Å². The van der Waals surface area contributed by atoms with E-state index in [0.29, 0.717) is 11.3 Å². The Hall–Kier alpha value is -1.07. The van der Waals surface area contributed by atoms with Gasteiger partial charge < -0.3 is 15.6 Å². The maximum absolute atomic E-state index is 10.8. The van der Waals surface area contributed by atoms with Gasteiger partial charge in [-0.15, -0.1) is 0 Å². The second-order valence-corrected chi connectivity index (χ2v) is 4.08. The van der Waals surface area contributed by atoms with Crippen molar-refractivity contribution in [2.24, 2.45) is 5.73 Å². The Bertz CT molecular complexity index is 392. The number of methoxy groups -OCH3 is 1. The maximum atomic E-state index is 10.8. The van der Waals surface area contributed by atoms with Crippen LogP contribution in [0, 0.1) is 6.92 Å². The molecule has 0 radical (unpaired) electrons. The Morgan fingerprint density at radius 3 is 2.67 bits per heavy atom. The number of carboxylic acids is 1. The summed E-state index contributed by atoms with van der Waals surface area (Å²) in [6.07, 6.45) is 0. The van der Waals surface area contributed by atoms with Gasteiger partial charge in [-0.05, 0) is 24.6 Å². The van der Waals surface area contributed by atoms with Gasteiger partial charge in [-0.25, -0.2) is 0 Å². The van der Waals surface area contributed by atoms with E-state index in [1.54, 1.807) is 6.07 Å². The minimum absolute atomic E-state index is 0.469. The van der Waals surface area contributed by atoms with Gasteiger partial charge in [-0.1, -0.05) is 15.9 Å². The van der Waals surface area contributed by atoms with Gasteiger partial charge in [0.25, 0.3) is 0 Å². The lowest BCUT2D eigenvalue weighted by molar-refractivity contribution is -0.138. The predicted molar refractivity (Wildman–Crippen MR) is 60.0 cm³/mol. The van der Waals surface area contributed by atoms with Crippen molar-refractivity contribution in [3.8, 4) is 5.75 Å². The van der Waals surface area contributed by atoms with E-state index >= 15 is 0 Å². The van der Waals surface area contributed by atoms with E-state index in [2.05, 4.69) is 15.9 Å². The molecule has 0 fully saturated rings. The topological polar surface area (TPSA) is 72.5 Å². The molecule has 0 bridgehead atoms. The molecule has 0 saturated carbocycles. The van der Waals surface area contributed by atoms with Gasteiger partial charge in [0, 0.05) is 10.0 Å². The summed E-state index contributed by atoms with van der Waals surface area (Å²) in [6, 6.07) is 2.43. The summed E-state index contributed by atoms with van der Waals surface area (Å²) in [5, 5.41) is 8.84. The smallest absolute Gasteiger partial charge is 0.325 e. The fourth-order valence-corrected chi connectivity index (χ4v) is 1.99. The van der Waals surface area contributed by atoms with E-state index < -0.39 is 12.0 Å². The summed E-state index contributed by atoms with van der Waals surface area (Å²) < 4.78 is 5.92. The highest BCUT2D eigenvalue weighted by Crippen LogP contribution is 2.31. The molecule has 3 N–H and O–H groups in total. The van der Waals surface area contributed by atoms with Crippen LogP contribution in [0.3, 0.4) is 0 Å². The van der Waals surface area contributed by atoms with Crippen molar-refractivity contribution in [3.63, 3.8) is 0 Å². The summed E-state index contributed by atoms with van der Waals surface area (Å²) >= 11 is 3.29. The molecule has 0 saturated heterocycles. The molecule has 0 aromatic heterocycles. The van der Waals surface area contributed by atoms with Crippen molar-refractivity contribution >= 4 is 21.9 Å². The first-order valence-electron chi connectivity index (χ1n) is 4.29. The van der Waals surface area contributed by atoms with Crippen LogP contribution < -0.4 is 10.5 Å². The number of rotatable bonds is 3. The number of aryl methyl sites for hydroxylation is 1. The van der Waals surface area contributed by atoms with Crippen molar-refractivity contribution in [3.05, 3.63) is 27.7 Å². The van der Waals surface area contributed by atoms with Crippen LogP contribution >= 0.6 is 15.9 Å². The lowest BCUT2D eigenvalue weighted by Gasteiger charge is -2.14. The molecule has 5 heteroatoms. The molecule has 1 atom stereocenters. The van der Waals surface area contributed by atoms with Gasteiger partial charge in [-0.3, -0.25) is 4.79 Å². The highest BCUT2D eigenvalue weighted by atomic mass is 79.9. The Morgan fingerprint density at radius 2 is 2.20 bits per heavy atom. The second kappa shape index (κ2) is 4.63. The van der Waals surface area contributed by atoms with E-state index in [9.17, 15) is 4.79 Å². The minimum Gasteiger partial charge on any atom is -0.496 e. The van der Waals surface area contributed by atoms with Crippen molar-refractivity contribution < 1.29 is 14.6 Å². The fourth-order valence-electron chi connectivity index (χ4n) is 1.40. The Morgan fingerprint density at radius 1 is 1.60 bits per heavy atom. The molecular weight excluding hydrogens is 262 g/mol. The third kappa shape index (κ3) is 2.49. The van der Waals surface area contributed by atoms with Gasteiger partial charge in [0.05, 0.1) is 7.11 Å². The van der Waals surface area contributed by atoms with Gasteiger partial charge in [0.1, 0.15) is 11.8 Å². The fraction of sp³-hybridized carbons (Fsp3) is 0.300. The first kappa shape index (κ1) is 12.0. The quantitative estimate of drug-likeness (QED) is 0.882. The third-order valence-electron chi connectivity index (χ3n) is 2.07. The molecule has 1 aromatic rings. The average molecular weight is 274 g/mol. The van der Waals surface area contributed by atoms with Crippen molar-refractivity contribution in [2.75, 3.05) is 7.11 Å². The monoisotopic (exact) mass is 273 g/mol. The summed E-state index contributed by atoms with van der Waals surface area (Å²) in [5.41, 5.74) is 6.87. The predicted octanol–water partition coefficient (Wildman–Crippen LogP) is 1.85. The van der Waals surface area contributed by atoms with Crippen LogP contribution in [0.15, 0.2) is 16.6 Å². The molecule has 0 spiro atoms. The van der Waals surface area contributed by atoms with E-state index in [1.807, 2.05) is 13.0 Å². The van der Waals surface area contributed by atoms with Crippen LogP contribution in [-0.4, -0.2) is 18.2 Å². The Balaban J connectivity index is 3.32. The van der Waals surface area contributed by atoms with Gasteiger partial charge in [0.2, 0.25) is 0 Å². The Kier molecular flexibility index (Phi) is 3.71. The summed E-state index contributed by atoms with van der Waals surface area (Å²) in [5.74, 6) is -0.557. The normalized spacial score (nSPS) is 12.3. The number of ether oxygens (including phenoxy) is 1. The van der Waals surface area contributed by atoms with Gasteiger partial charge in [-0.2, -0.15) is 0 Å². The largest absolute Gasteiger partial charge is 0.496 e. The van der Waals surface area contributed by atoms with Gasteiger partial charge >= 0.3 is 5.97 Å². The number of hydrogen-bond acceptors (Lipinski definition) is 3. The van der Waals surface area contributed by atoms with Crippen LogP contribution in [0.25, 0.3) is 0 Å². The molecule has 0 aliphatic rings.